The SMILES string of the molecule is Cc1ccc(OCCNS(=O)(=O)Cc2ccccc2C)cc1. The number of benzene rings is 2. The van der Waals surface area contributed by atoms with Crippen molar-refractivity contribution in [2.24, 2.45) is 0 Å². The molecule has 0 aliphatic heterocycles. The van der Waals surface area contributed by atoms with Crippen molar-refractivity contribution in [1.29, 1.82) is 0 Å². The fraction of sp³-hybridized carbons (Fsp3) is 0.294. The summed E-state index contributed by atoms with van der Waals surface area (Å²) < 4.78 is 32.1. The van der Waals surface area contributed by atoms with E-state index in [1.807, 2.05) is 62.4 Å². The van der Waals surface area contributed by atoms with Gasteiger partial charge in [-0.15, -0.1) is 0 Å². The highest BCUT2D eigenvalue weighted by Gasteiger charge is 2.12. The zero-order chi connectivity index (χ0) is 16.0. The van der Waals surface area contributed by atoms with E-state index in [9.17, 15) is 8.42 Å². The molecular weight excluding hydrogens is 298 g/mol. The van der Waals surface area contributed by atoms with Gasteiger partial charge in [0.25, 0.3) is 0 Å². The Hall–Kier alpha value is -1.85. The van der Waals surface area contributed by atoms with Crippen LogP contribution in [0, 0.1) is 13.8 Å². The van der Waals surface area contributed by atoms with E-state index in [2.05, 4.69) is 4.72 Å². The molecule has 0 aromatic heterocycles. The molecule has 0 saturated heterocycles. The largest absolute Gasteiger partial charge is 0.492 e. The summed E-state index contributed by atoms with van der Waals surface area (Å²) in [5.74, 6) is 0.730. The summed E-state index contributed by atoms with van der Waals surface area (Å²) in [6.07, 6.45) is 0. The van der Waals surface area contributed by atoms with Crippen molar-refractivity contribution in [3.63, 3.8) is 0 Å². The minimum atomic E-state index is -3.35. The molecule has 1 N–H and O–H groups in total. The van der Waals surface area contributed by atoms with Gasteiger partial charge in [0.2, 0.25) is 10.0 Å². The van der Waals surface area contributed by atoms with Gasteiger partial charge in [0.1, 0.15) is 12.4 Å². The molecule has 22 heavy (non-hydrogen) atoms. The van der Waals surface area contributed by atoms with Crippen molar-refractivity contribution < 1.29 is 13.2 Å². The molecule has 5 heteroatoms. The number of nitrogens with one attached hydrogen (secondary N) is 1. The molecule has 4 nitrogen and oxygen atoms in total. The van der Waals surface area contributed by atoms with Gasteiger partial charge < -0.3 is 4.74 Å². The number of hydrogen-bond acceptors (Lipinski definition) is 3. The van der Waals surface area contributed by atoms with E-state index in [1.165, 1.54) is 0 Å². The van der Waals surface area contributed by atoms with Crippen molar-refractivity contribution >= 4 is 10.0 Å². The average molecular weight is 319 g/mol. The smallest absolute Gasteiger partial charge is 0.215 e. The molecule has 0 amide bonds. The van der Waals surface area contributed by atoms with Crippen molar-refractivity contribution in [2.45, 2.75) is 19.6 Å². The van der Waals surface area contributed by atoms with Crippen molar-refractivity contribution in [2.75, 3.05) is 13.2 Å². The summed E-state index contributed by atoms with van der Waals surface area (Å²) in [4.78, 5) is 0. The quantitative estimate of drug-likeness (QED) is 0.799. The predicted octanol–water partition coefficient (Wildman–Crippen LogP) is 2.80. The summed E-state index contributed by atoms with van der Waals surface area (Å²) in [7, 11) is -3.35. The van der Waals surface area contributed by atoms with Gasteiger partial charge in [0, 0.05) is 6.54 Å². The van der Waals surface area contributed by atoms with Crippen LogP contribution in [0.15, 0.2) is 48.5 Å². The number of rotatable bonds is 7. The zero-order valence-corrected chi connectivity index (χ0v) is 13.7. The highest BCUT2D eigenvalue weighted by molar-refractivity contribution is 7.88. The molecule has 0 fully saturated rings. The van der Waals surface area contributed by atoms with Crippen molar-refractivity contribution in [3.8, 4) is 5.75 Å². The molecule has 2 aromatic rings. The predicted molar refractivity (Wildman–Crippen MR) is 88.5 cm³/mol. The van der Waals surface area contributed by atoms with Crippen LogP contribution in [0.5, 0.6) is 5.75 Å². The first-order chi connectivity index (χ1) is 10.5. The third-order valence-electron chi connectivity index (χ3n) is 3.32. The van der Waals surface area contributed by atoms with Crippen molar-refractivity contribution in [1.82, 2.24) is 4.72 Å². The lowest BCUT2D eigenvalue weighted by molar-refractivity contribution is 0.322. The Morgan fingerprint density at radius 1 is 1.00 bits per heavy atom. The first-order valence-electron chi connectivity index (χ1n) is 7.17. The van der Waals surface area contributed by atoms with Crippen LogP contribution in [-0.2, 0) is 15.8 Å². The first-order valence-corrected chi connectivity index (χ1v) is 8.83. The summed E-state index contributed by atoms with van der Waals surface area (Å²) >= 11 is 0. The van der Waals surface area contributed by atoms with Gasteiger partial charge in [-0.05, 0) is 37.1 Å². The maximum absolute atomic E-state index is 12.0. The van der Waals surface area contributed by atoms with Crippen LogP contribution >= 0.6 is 0 Å². The van der Waals surface area contributed by atoms with E-state index < -0.39 is 10.0 Å². The topological polar surface area (TPSA) is 55.4 Å². The van der Waals surface area contributed by atoms with E-state index in [4.69, 9.17) is 4.74 Å². The Labute approximate surface area is 132 Å². The molecule has 0 bridgehead atoms. The molecule has 0 heterocycles. The monoisotopic (exact) mass is 319 g/mol. The molecule has 2 aromatic carbocycles. The maximum atomic E-state index is 12.0. The van der Waals surface area contributed by atoms with Crippen LogP contribution < -0.4 is 9.46 Å². The molecule has 0 saturated carbocycles. The molecule has 0 aliphatic carbocycles. The molecule has 0 aliphatic rings. The van der Waals surface area contributed by atoms with Crippen LogP contribution in [-0.4, -0.2) is 21.6 Å². The second-order valence-corrected chi connectivity index (χ2v) is 7.05. The van der Waals surface area contributed by atoms with E-state index >= 15 is 0 Å². The summed E-state index contributed by atoms with van der Waals surface area (Å²) in [6, 6.07) is 15.1. The number of sulfonamides is 1. The van der Waals surface area contributed by atoms with E-state index in [0.29, 0.717) is 6.61 Å². The standard InChI is InChI=1S/C17H21NO3S/c1-14-7-9-17(10-8-14)21-12-11-18-22(19,20)13-16-6-4-3-5-15(16)2/h3-10,18H,11-13H2,1-2H3. The number of ether oxygens (including phenoxy) is 1. The first kappa shape index (κ1) is 16.5. The van der Waals surface area contributed by atoms with Gasteiger partial charge in [0.05, 0.1) is 5.75 Å². The minimum Gasteiger partial charge on any atom is -0.492 e. The molecular formula is C17H21NO3S. The van der Waals surface area contributed by atoms with Gasteiger partial charge in [-0.25, -0.2) is 13.1 Å². The fourth-order valence-corrected chi connectivity index (χ4v) is 3.26. The second kappa shape index (κ2) is 7.42. The molecule has 118 valence electrons. The molecule has 0 unspecified atom stereocenters. The number of hydrogen-bond donors (Lipinski definition) is 1. The van der Waals surface area contributed by atoms with Gasteiger partial charge in [0.15, 0.2) is 0 Å². The van der Waals surface area contributed by atoms with Crippen LogP contribution in [0.3, 0.4) is 0 Å². The molecule has 0 spiro atoms. The van der Waals surface area contributed by atoms with E-state index in [0.717, 1.165) is 22.4 Å². The molecule has 0 radical (unpaired) electrons. The summed E-state index contributed by atoms with van der Waals surface area (Å²) in [5, 5.41) is 0. The zero-order valence-electron chi connectivity index (χ0n) is 12.9. The van der Waals surface area contributed by atoms with Crippen LogP contribution in [0.1, 0.15) is 16.7 Å². The molecule has 0 atom stereocenters. The Balaban J connectivity index is 1.80. The van der Waals surface area contributed by atoms with Crippen LogP contribution in [0.4, 0.5) is 0 Å². The van der Waals surface area contributed by atoms with Gasteiger partial charge in [-0.1, -0.05) is 42.0 Å². The maximum Gasteiger partial charge on any atom is 0.215 e. The summed E-state index contributed by atoms with van der Waals surface area (Å²) in [5.41, 5.74) is 2.95. The second-order valence-electron chi connectivity index (χ2n) is 5.24. The van der Waals surface area contributed by atoms with Gasteiger partial charge in [-0.2, -0.15) is 0 Å². The van der Waals surface area contributed by atoms with Crippen molar-refractivity contribution in [3.05, 3.63) is 65.2 Å². The molecule has 2 rings (SSSR count). The van der Waals surface area contributed by atoms with E-state index in [1.54, 1.807) is 0 Å². The van der Waals surface area contributed by atoms with Gasteiger partial charge >= 0.3 is 0 Å². The lowest BCUT2D eigenvalue weighted by Crippen LogP contribution is -2.29. The Morgan fingerprint density at radius 3 is 2.36 bits per heavy atom. The van der Waals surface area contributed by atoms with E-state index in [-0.39, 0.29) is 12.3 Å². The average Bonchev–Trinajstić information content (AvgIpc) is 2.48. The lowest BCUT2D eigenvalue weighted by Gasteiger charge is -2.10. The highest BCUT2D eigenvalue weighted by atomic mass is 32.2. The van der Waals surface area contributed by atoms with Crippen LogP contribution in [0.2, 0.25) is 0 Å². The summed E-state index contributed by atoms with van der Waals surface area (Å²) in [6.45, 7) is 4.47. The Kier molecular flexibility index (Phi) is 5.57. The highest BCUT2D eigenvalue weighted by Crippen LogP contribution is 2.12. The lowest BCUT2D eigenvalue weighted by atomic mass is 10.1. The fourth-order valence-electron chi connectivity index (χ4n) is 2.03. The third kappa shape index (κ3) is 5.16. The normalized spacial score (nSPS) is 11.4. The van der Waals surface area contributed by atoms with Crippen LogP contribution in [0.25, 0.3) is 0 Å². The Morgan fingerprint density at radius 2 is 1.68 bits per heavy atom. The number of aryl methyl sites for hydroxylation is 2. The minimum absolute atomic E-state index is 0.00972. The Bertz CT molecular complexity index is 709. The third-order valence-corrected chi connectivity index (χ3v) is 4.66. The van der Waals surface area contributed by atoms with Gasteiger partial charge in [-0.3, -0.25) is 0 Å².